The van der Waals surface area contributed by atoms with Crippen molar-refractivity contribution in [1.29, 1.82) is 0 Å². The number of benzene rings is 1. The third kappa shape index (κ3) is 7.21. The molecule has 0 aliphatic carbocycles. The van der Waals surface area contributed by atoms with Gasteiger partial charge < -0.3 is 25.8 Å². The number of amides is 5. The molecule has 5 amide bonds. The van der Waals surface area contributed by atoms with E-state index in [1.54, 1.807) is 9.80 Å². The highest BCUT2D eigenvalue weighted by molar-refractivity contribution is 8.14. The summed E-state index contributed by atoms with van der Waals surface area (Å²) in [7, 11) is 0. The van der Waals surface area contributed by atoms with Gasteiger partial charge in [-0.1, -0.05) is 64.4 Å². The van der Waals surface area contributed by atoms with Gasteiger partial charge in [0.25, 0.3) is 0 Å². The van der Waals surface area contributed by atoms with Crippen molar-refractivity contribution in [3.63, 3.8) is 0 Å². The highest BCUT2D eigenvalue weighted by atomic mass is 32.2. The van der Waals surface area contributed by atoms with Crippen molar-refractivity contribution < 1.29 is 24.0 Å². The van der Waals surface area contributed by atoms with Crippen LogP contribution in [-0.2, 0) is 30.4 Å². The standard InChI is InChI=1S/C33H46N6O5S/c1-5-20(4)27-30(42)36-26(19(2)3)33(44)39-16-10-14-25(39)32(43)38-15-9-13-24(38)29(41)34-22(17-21-11-7-6-8-12-21)31-35-23(18-45-31)28(40)37-27/h6-8,11-12,19-20,22-27H,5,9-10,13-18H2,1-4H3,(H,34,41)(H,36,42)(H,37,40)/t20-,22+,23+,24-,25-,26-,27-/m0/s1. The third-order valence-corrected chi connectivity index (χ3v) is 10.7. The van der Waals surface area contributed by atoms with Gasteiger partial charge in [0, 0.05) is 18.8 Å². The Kier molecular flexibility index (Phi) is 10.5. The Morgan fingerprint density at radius 1 is 0.822 bits per heavy atom. The molecule has 0 radical (unpaired) electrons. The Balaban J connectivity index is 1.52. The fourth-order valence-electron chi connectivity index (χ4n) is 6.70. The molecule has 3 N–H and O–H groups in total. The third-order valence-electron chi connectivity index (χ3n) is 9.56. The van der Waals surface area contributed by atoms with Gasteiger partial charge in [-0.05, 0) is 49.5 Å². The van der Waals surface area contributed by atoms with Gasteiger partial charge in [0.2, 0.25) is 29.5 Å². The molecule has 11 nitrogen and oxygen atoms in total. The highest BCUT2D eigenvalue weighted by Gasteiger charge is 2.45. The molecular weight excluding hydrogens is 592 g/mol. The summed E-state index contributed by atoms with van der Waals surface area (Å²) in [5.74, 6) is -1.62. The number of aliphatic imine (C=N–C) groups is 1. The second kappa shape index (κ2) is 14.3. The van der Waals surface area contributed by atoms with Crippen molar-refractivity contribution >= 4 is 46.3 Å². The second-order valence-corrected chi connectivity index (χ2v) is 14.1. The molecule has 2 bridgehead atoms. The largest absolute Gasteiger partial charge is 0.345 e. The minimum absolute atomic E-state index is 0.196. The summed E-state index contributed by atoms with van der Waals surface area (Å²) in [6, 6.07) is 5.50. The van der Waals surface area contributed by atoms with Gasteiger partial charge in [0.05, 0.1) is 11.1 Å². The molecule has 45 heavy (non-hydrogen) atoms. The van der Waals surface area contributed by atoms with Crippen molar-refractivity contribution in [3.8, 4) is 0 Å². The first-order chi connectivity index (χ1) is 21.6. The first-order valence-corrected chi connectivity index (χ1v) is 17.3. The lowest BCUT2D eigenvalue weighted by atomic mass is 9.96. The Morgan fingerprint density at radius 3 is 2.13 bits per heavy atom. The maximum absolute atomic E-state index is 14.0. The summed E-state index contributed by atoms with van der Waals surface area (Å²) in [6.45, 7) is 8.41. The molecule has 1 aromatic carbocycles. The summed E-state index contributed by atoms with van der Waals surface area (Å²) in [5, 5.41) is 9.71. The molecule has 4 aliphatic rings. The molecule has 0 unspecified atom stereocenters. The minimum atomic E-state index is -0.865. The van der Waals surface area contributed by atoms with Crippen LogP contribution in [0.2, 0.25) is 0 Å². The fourth-order valence-corrected chi connectivity index (χ4v) is 7.80. The highest BCUT2D eigenvalue weighted by Crippen LogP contribution is 2.28. The molecule has 4 heterocycles. The average Bonchev–Trinajstić information content (AvgIpc) is 3.82. The quantitative estimate of drug-likeness (QED) is 0.450. The molecule has 0 saturated carbocycles. The zero-order valence-electron chi connectivity index (χ0n) is 26.7. The summed E-state index contributed by atoms with van der Waals surface area (Å²) in [5.41, 5.74) is 1.01. The first kappa shape index (κ1) is 33.0. The van der Waals surface area contributed by atoms with Crippen LogP contribution < -0.4 is 16.0 Å². The Labute approximate surface area is 269 Å². The van der Waals surface area contributed by atoms with E-state index in [9.17, 15) is 24.0 Å². The van der Waals surface area contributed by atoms with Crippen LogP contribution in [0.5, 0.6) is 0 Å². The van der Waals surface area contributed by atoms with Gasteiger partial charge in [-0.25, -0.2) is 0 Å². The Morgan fingerprint density at radius 2 is 1.47 bits per heavy atom. The number of hydrogen-bond acceptors (Lipinski definition) is 7. The Bertz CT molecular complexity index is 1320. The number of rotatable bonds is 5. The van der Waals surface area contributed by atoms with Crippen molar-refractivity contribution in [3.05, 3.63) is 35.9 Å². The fraction of sp³-hybridized carbons (Fsp3) is 0.636. The predicted molar refractivity (Wildman–Crippen MR) is 173 cm³/mol. The van der Waals surface area contributed by atoms with Crippen molar-refractivity contribution in [2.45, 2.75) is 102 Å². The molecule has 244 valence electrons. The molecule has 0 aromatic heterocycles. The van der Waals surface area contributed by atoms with Crippen LogP contribution in [0, 0.1) is 11.8 Å². The van der Waals surface area contributed by atoms with E-state index in [0.717, 1.165) is 5.56 Å². The Hall–Kier alpha value is -3.41. The van der Waals surface area contributed by atoms with E-state index in [2.05, 4.69) is 16.0 Å². The zero-order chi connectivity index (χ0) is 32.2. The molecule has 7 atom stereocenters. The van der Waals surface area contributed by atoms with Crippen LogP contribution in [0.25, 0.3) is 0 Å². The molecule has 2 saturated heterocycles. The number of hydrogen-bond donors (Lipinski definition) is 3. The van der Waals surface area contributed by atoms with Crippen LogP contribution in [0.15, 0.2) is 35.3 Å². The maximum atomic E-state index is 14.0. The number of nitrogens with zero attached hydrogens (tertiary/aromatic N) is 3. The molecule has 1 aromatic rings. The summed E-state index contributed by atoms with van der Waals surface area (Å²) < 4.78 is 0. The van der Waals surface area contributed by atoms with Crippen LogP contribution >= 0.6 is 11.8 Å². The van der Waals surface area contributed by atoms with E-state index in [4.69, 9.17) is 4.99 Å². The monoisotopic (exact) mass is 638 g/mol. The number of carbonyl (C=O) groups excluding carboxylic acids is 5. The van der Waals surface area contributed by atoms with Crippen LogP contribution in [0.3, 0.4) is 0 Å². The molecule has 12 heteroatoms. The van der Waals surface area contributed by atoms with Gasteiger partial charge in [-0.3, -0.25) is 29.0 Å². The van der Waals surface area contributed by atoms with Crippen molar-refractivity contribution in [1.82, 2.24) is 25.8 Å². The molecule has 4 aliphatic heterocycles. The lowest BCUT2D eigenvalue weighted by Crippen LogP contribution is -2.60. The topological polar surface area (TPSA) is 140 Å². The molecule has 0 spiro atoms. The van der Waals surface area contributed by atoms with Gasteiger partial charge >= 0.3 is 0 Å². The lowest BCUT2D eigenvalue weighted by molar-refractivity contribution is -0.148. The molecular formula is C33H46N6O5S. The minimum Gasteiger partial charge on any atom is -0.345 e. The molecule has 2 fully saturated rings. The van der Waals surface area contributed by atoms with Gasteiger partial charge in [-0.15, -0.1) is 11.8 Å². The number of thioether (sulfide) groups is 1. The van der Waals surface area contributed by atoms with E-state index in [1.165, 1.54) is 11.8 Å². The summed E-state index contributed by atoms with van der Waals surface area (Å²) in [6.07, 6.45) is 3.50. The lowest BCUT2D eigenvalue weighted by Gasteiger charge is -2.35. The van der Waals surface area contributed by atoms with E-state index >= 15 is 0 Å². The number of fused-ring (bicyclic) bond motifs is 3. The van der Waals surface area contributed by atoms with E-state index in [-0.39, 0.29) is 35.5 Å². The SMILES string of the molecule is CC[C@H](C)[C@@H]1NC(=O)[C@H]2CSC(=N2)[C@@H](Cc2ccccc2)NC(=O)[C@@H]2CCCN2C(=O)[C@@H]2CCCN2C(=O)[C@H](C(C)C)NC1=O. The van der Waals surface area contributed by atoms with Gasteiger partial charge in [0.15, 0.2) is 0 Å². The van der Waals surface area contributed by atoms with Crippen molar-refractivity contribution in [2.75, 3.05) is 18.8 Å². The zero-order valence-corrected chi connectivity index (χ0v) is 27.5. The summed E-state index contributed by atoms with van der Waals surface area (Å²) >= 11 is 1.43. The van der Waals surface area contributed by atoms with Crippen LogP contribution in [0.4, 0.5) is 0 Å². The van der Waals surface area contributed by atoms with Crippen LogP contribution in [-0.4, -0.2) is 99.5 Å². The van der Waals surface area contributed by atoms with E-state index in [1.807, 2.05) is 58.0 Å². The average molecular weight is 639 g/mol. The second-order valence-electron chi connectivity index (χ2n) is 13.0. The number of nitrogens with one attached hydrogen (secondary N) is 3. The van der Waals surface area contributed by atoms with Gasteiger partial charge in [0.1, 0.15) is 30.2 Å². The van der Waals surface area contributed by atoms with E-state index < -0.39 is 42.2 Å². The maximum Gasteiger partial charge on any atom is 0.246 e. The molecule has 5 rings (SSSR count). The van der Waals surface area contributed by atoms with Crippen molar-refractivity contribution in [2.24, 2.45) is 16.8 Å². The number of carbonyl (C=O) groups is 5. The van der Waals surface area contributed by atoms with E-state index in [0.29, 0.717) is 62.4 Å². The smallest absolute Gasteiger partial charge is 0.246 e. The normalized spacial score (nSPS) is 30.6. The summed E-state index contributed by atoms with van der Waals surface area (Å²) in [4.78, 5) is 77.2. The predicted octanol–water partition coefficient (Wildman–Crippen LogP) is 1.90. The first-order valence-electron chi connectivity index (χ1n) is 16.4. The van der Waals surface area contributed by atoms with Crippen LogP contribution in [0.1, 0.15) is 65.4 Å². The van der Waals surface area contributed by atoms with Gasteiger partial charge in [-0.2, -0.15) is 0 Å².